The molecule has 0 radical (unpaired) electrons. The van der Waals surface area contributed by atoms with Gasteiger partial charge in [0, 0.05) is 11.4 Å². The summed E-state index contributed by atoms with van der Waals surface area (Å²) in [5.74, 6) is -0.190. The lowest BCUT2D eigenvalue weighted by Gasteiger charge is -2.29. The van der Waals surface area contributed by atoms with Crippen LogP contribution in [0.25, 0.3) is 0 Å². The molecular formula is C16H21NO3S. The highest BCUT2D eigenvalue weighted by molar-refractivity contribution is 7.10. The predicted molar refractivity (Wildman–Crippen MR) is 81.4 cm³/mol. The van der Waals surface area contributed by atoms with Crippen LogP contribution in [0.15, 0.2) is 11.4 Å². The van der Waals surface area contributed by atoms with Gasteiger partial charge >= 0.3 is 5.97 Å². The van der Waals surface area contributed by atoms with Crippen LogP contribution in [0.4, 0.5) is 0 Å². The standard InChI is InChI=1S/C16H21NO3S/c1-2-20-16(19)13-6-4-9-17(13)15(18)12-5-3-7-14-11(12)8-10-21-14/h8,10,12-13H,2-7,9H2,1H3. The highest BCUT2D eigenvalue weighted by Crippen LogP contribution is 2.37. The molecule has 0 bridgehead atoms. The average Bonchev–Trinajstić information content (AvgIpc) is 3.15. The van der Waals surface area contributed by atoms with Crippen LogP contribution in [0.5, 0.6) is 0 Å². The summed E-state index contributed by atoms with van der Waals surface area (Å²) in [6.07, 6.45) is 4.65. The van der Waals surface area contributed by atoms with E-state index in [9.17, 15) is 9.59 Å². The molecule has 1 aromatic rings. The largest absolute Gasteiger partial charge is 0.464 e. The summed E-state index contributed by atoms with van der Waals surface area (Å²) >= 11 is 1.74. The lowest BCUT2D eigenvalue weighted by Crippen LogP contribution is -2.44. The second-order valence-corrected chi connectivity index (χ2v) is 6.69. The Balaban J connectivity index is 1.78. The van der Waals surface area contributed by atoms with Gasteiger partial charge in [-0.25, -0.2) is 4.79 Å². The topological polar surface area (TPSA) is 46.6 Å². The molecule has 1 aliphatic carbocycles. The number of ether oxygens (including phenoxy) is 1. The first-order chi connectivity index (χ1) is 10.2. The molecule has 0 spiro atoms. The van der Waals surface area contributed by atoms with Crippen molar-refractivity contribution in [3.63, 3.8) is 0 Å². The fraction of sp³-hybridized carbons (Fsp3) is 0.625. The van der Waals surface area contributed by atoms with Crippen LogP contribution in [0, 0.1) is 0 Å². The molecule has 1 fully saturated rings. The Morgan fingerprint density at radius 1 is 1.38 bits per heavy atom. The van der Waals surface area contributed by atoms with Gasteiger partial charge in [0.25, 0.3) is 0 Å². The molecule has 2 heterocycles. The van der Waals surface area contributed by atoms with Gasteiger partial charge in [0.1, 0.15) is 6.04 Å². The molecule has 1 saturated heterocycles. The van der Waals surface area contributed by atoms with Crippen molar-refractivity contribution in [3.05, 3.63) is 21.9 Å². The number of thiophene rings is 1. The van der Waals surface area contributed by atoms with Crippen LogP contribution in [0.3, 0.4) is 0 Å². The first kappa shape index (κ1) is 14.6. The van der Waals surface area contributed by atoms with E-state index < -0.39 is 0 Å². The predicted octanol–water partition coefficient (Wildman–Crippen LogP) is 2.72. The molecule has 5 heteroatoms. The minimum Gasteiger partial charge on any atom is -0.464 e. The van der Waals surface area contributed by atoms with E-state index in [4.69, 9.17) is 4.74 Å². The summed E-state index contributed by atoms with van der Waals surface area (Å²) in [6, 6.07) is 1.71. The van der Waals surface area contributed by atoms with Crippen molar-refractivity contribution in [1.29, 1.82) is 0 Å². The highest BCUT2D eigenvalue weighted by atomic mass is 32.1. The normalized spacial score (nSPS) is 24.7. The molecule has 3 rings (SSSR count). The number of carbonyl (C=O) groups is 2. The number of rotatable bonds is 3. The molecule has 1 aliphatic heterocycles. The number of amides is 1. The monoisotopic (exact) mass is 307 g/mol. The number of hydrogen-bond acceptors (Lipinski definition) is 4. The maximum atomic E-state index is 12.9. The maximum Gasteiger partial charge on any atom is 0.328 e. The summed E-state index contributed by atoms with van der Waals surface area (Å²) in [6.45, 7) is 2.85. The molecular weight excluding hydrogens is 286 g/mol. The molecule has 1 aromatic heterocycles. The maximum absolute atomic E-state index is 12.9. The fourth-order valence-corrected chi connectivity index (χ4v) is 4.44. The van der Waals surface area contributed by atoms with Gasteiger partial charge in [-0.2, -0.15) is 0 Å². The lowest BCUT2D eigenvalue weighted by molar-refractivity contribution is -0.153. The molecule has 4 nitrogen and oxygen atoms in total. The van der Waals surface area contributed by atoms with Gasteiger partial charge < -0.3 is 9.64 Å². The van der Waals surface area contributed by atoms with E-state index in [-0.39, 0.29) is 23.8 Å². The van der Waals surface area contributed by atoms with Gasteiger partial charge in [-0.1, -0.05) is 0 Å². The first-order valence-electron chi connectivity index (χ1n) is 7.75. The van der Waals surface area contributed by atoms with Gasteiger partial charge in [0.2, 0.25) is 5.91 Å². The van der Waals surface area contributed by atoms with Crippen molar-refractivity contribution in [2.75, 3.05) is 13.2 Å². The number of likely N-dealkylation sites (tertiary alicyclic amines) is 1. The van der Waals surface area contributed by atoms with Crippen LogP contribution in [0.1, 0.15) is 49.0 Å². The zero-order chi connectivity index (χ0) is 14.8. The third-order valence-corrected chi connectivity index (χ3v) is 5.44. The number of nitrogens with zero attached hydrogens (tertiary/aromatic N) is 1. The van der Waals surface area contributed by atoms with E-state index in [1.165, 1.54) is 10.4 Å². The first-order valence-corrected chi connectivity index (χ1v) is 8.63. The quantitative estimate of drug-likeness (QED) is 0.807. The van der Waals surface area contributed by atoms with E-state index in [0.717, 1.165) is 32.1 Å². The van der Waals surface area contributed by atoms with Crippen molar-refractivity contribution in [1.82, 2.24) is 4.90 Å². The Morgan fingerprint density at radius 3 is 3.05 bits per heavy atom. The summed E-state index contributed by atoms with van der Waals surface area (Å²) in [5, 5.41) is 2.07. The van der Waals surface area contributed by atoms with Crippen molar-refractivity contribution >= 4 is 23.2 Å². The number of aryl methyl sites for hydroxylation is 1. The average molecular weight is 307 g/mol. The minimum absolute atomic E-state index is 0.0602. The molecule has 0 aromatic carbocycles. The third-order valence-electron chi connectivity index (χ3n) is 4.44. The Kier molecular flexibility index (Phi) is 4.29. The second kappa shape index (κ2) is 6.18. The Bertz CT molecular complexity index is 539. The van der Waals surface area contributed by atoms with E-state index in [1.807, 2.05) is 0 Å². The number of esters is 1. The van der Waals surface area contributed by atoms with Crippen LogP contribution < -0.4 is 0 Å². The zero-order valence-corrected chi connectivity index (χ0v) is 13.2. The van der Waals surface area contributed by atoms with E-state index in [2.05, 4.69) is 11.4 Å². The fourth-order valence-electron chi connectivity index (χ4n) is 3.46. The van der Waals surface area contributed by atoms with Gasteiger partial charge in [0.05, 0.1) is 12.5 Å². The molecule has 0 N–H and O–H groups in total. The highest BCUT2D eigenvalue weighted by Gasteiger charge is 2.39. The molecule has 0 saturated carbocycles. The summed E-state index contributed by atoms with van der Waals surface area (Å²) in [4.78, 5) is 28.0. The Hall–Kier alpha value is -1.36. The minimum atomic E-state index is -0.374. The van der Waals surface area contributed by atoms with Crippen LogP contribution in [-0.2, 0) is 20.7 Å². The molecule has 21 heavy (non-hydrogen) atoms. The van der Waals surface area contributed by atoms with E-state index in [1.54, 1.807) is 23.2 Å². The molecule has 114 valence electrons. The van der Waals surface area contributed by atoms with Gasteiger partial charge in [0.15, 0.2) is 0 Å². The van der Waals surface area contributed by atoms with Crippen molar-refractivity contribution in [3.8, 4) is 0 Å². The van der Waals surface area contributed by atoms with Crippen LogP contribution in [-0.4, -0.2) is 36.0 Å². The van der Waals surface area contributed by atoms with Gasteiger partial charge in [-0.15, -0.1) is 11.3 Å². The van der Waals surface area contributed by atoms with Crippen molar-refractivity contribution < 1.29 is 14.3 Å². The summed E-state index contributed by atoms with van der Waals surface area (Å²) in [7, 11) is 0. The third kappa shape index (κ3) is 2.71. The number of carbonyl (C=O) groups excluding carboxylic acids is 2. The zero-order valence-electron chi connectivity index (χ0n) is 12.3. The van der Waals surface area contributed by atoms with Gasteiger partial charge in [-0.3, -0.25) is 4.79 Å². The second-order valence-electron chi connectivity index (χ2n) is 5.69. The summed E-state index contributed by atoms with van der Waals surface area (Å²) < 4.78 is 5.12. The Morgan fingerprint density at radius 2 is 2.24 bits per heavy atom. The molecule has 1 amide bonds. The van der Waals surface area contributed by atoms with E-state index in [0.29, 0.717) is 13.2 Å². The van der Waals surface area contributed by atoms with Crippen molar-refractivity contribution in [2.24, 2.45) is 0 Å². The smallest absolute Gasteiger partial charge is 0.328 e. The lowest BCUT2D eigenvalue weighted by atomic mass is 9.86. The number of hydrogen-bond donors (Lipinski definition) is 0. The van der Waals surface area contributed by atoms with Gasteiger partial charge in [-0.05, 0) is 56.0 Å². The van der Waals surface area contributed by atoms with E-state index >= 15 is 0 Å². The van der Waals surface area contributed by atoms with Crippen LogP contribution in [0.2, 0.25) is 0 Å². The Labute approximate surface area is 129 Å². The molecule has 2 unspecified atom stereocenters. The summed E-state index contributed by atoms with van der Waals surface area (Å²) in [5.41, 5.74) is 1.19. The molecule has 2 aliphatic rings. The van der Waals surface area contributed by atoms with Crippen LogP contribution >= 0.6 is 11.3 Å². The van der Waals surface area contributed by atoms with Crippen molar-refractivity contribution in [2.45, 2.75) is 51.0 Å². The number of fused-ring (bicyclic) bond motifs is 1. The SMILES string of the molecule is CCOC(=O)C1CCCN1C(=O)C1CCCc2sccc21. The molecule has 2 atom stereocenters.